The molecular formula is C7H7ClO4S. The van der Waals surface area contributed by atoms with Crippen LogP contribution in [0.2, 0.25) is 5.02 Å². The molecule has 1 aromatic carbocycles. The van der Waals surface area contributed by atoms with E-state index in [4.69, 9.17) is 20.9 Å². The first-order chi connectivity index (χ1) is 5.97. The van der Waals surface area contributed by atoms with E-state index in [1.54, 1.807) is 12.1 Å². The highest BCUT2D eigenvalue weighted by atomic mass is 35.5. The van der Waals surface area contributed by atoms with Crippen molar-refractivity contribution in [2.75, 3.05) is 5.94 Å². The van der Waals surface area contributed by atoms with Gasteiger partial charge in [-0.2, -0.15) is 8.42 Å². The Morgan fingerprint density at radius 2 is 1.85 bits per heavy atom. The first kappa shape index (κ1) is 10.3. The summed E-state index contributed by atoms with van der Waals surface area (Å²) in [5, 5.41) is 0.527. The summed E-state index contributed by atoms with van der Waals surface area (Å²) in [6.45, 7) is 0. The van der Waals surface area contributed by atoms with Crippen LogP contribution in [0.4, 0.5) is 0 Å². The van der Waals surface area contributed by atoms with E-state index in [1.807, 2.05) is 0 Å². The molecule has 1 aromatic rings. The molecule has 0 bridgehead atoms. The van der Waals surface area contributed by atoms with Crippen LogP contribution in [-0.2, 0) is 10.1 Å². The Morgan fingerprint density at radius 3 is 2.31 bits per heavy atom. The van der Waals surface area contributed by atoms with Gasteiger partial charge in [0, 0.05) is 5.02 Å². The molecule has 0 saturated heterocycles. The van der Waals surface area contributed by atoms with E-state index >= 15 is 0 Å². The summed E-state index contributed by atoms with van der Waals surface area (Å²) in [5.41, 5.74) is 0. The molecule has 1 N–H and O–H groups in total. The summed E-state index contributed by atoms with van der Waals surface area (Å²) in [7, 11) is -4.09. The molecule has 0 spiro atoms. The second-order valence-corrected chi connectivity index (χ2v) is 4.13. The largest absolute Gasteiger partial charge is 0.475 e. The third-order valence-corrected chi connectivity index (χ3v) is 1.86. The van der Waals surface area contributed by atoms with Crippen molar-refractivity contribution in [1.29, 1.82) is 0 Å². The van der Waals surface area contributed by atoms with Crippen molar-refractivity contribution in [3.63, 3.8) is 0 Å². The minimum atomic E-state index is -4.09. The minimum absolute atomic E-state index is 0.335. The molecule has 0 heterocycles. The van der Waals surface area contributed by atoms with Crippen molar-refractivity contribution in [2.24, 2.45) is 0 Å². The number of halogens is 1. The maximum Gasteiger partial charge on any atom is 0.300 e. The molecule has 0 unspecified atom stereocenters. The average molecular weight is 223 g/mol. The van der Waals surface area contributed by atoms with E-state index in [2.05, 4.69) is 0 Å². The van der Waals surface area contributed by atoms with Crippen LogP contribution in [0.5, 0.6) is 5.75 Å². The molecule has 1 rings (SSSR count). The summed E-state index contributed by atoms with van der Waals surface area (Å²) in [6.07, 6.45) is 0. The first-order valence-electron chi connectivity index (χ1n) is 3.31. The van der Waals surface area contributed by atoms with Gasteiger partial charge in [0.1, 0.15) is 5.75 Å². The lowest BCUT2D eigenvalue weighted by atomic mass is 10.3. The number of benzene rings is 1. The van der Waals surface area contributed by atoms with Crippen LogP contribution in [0.1, 0.15) is 0 Å². The fourth-order valence-electron chi connectivity index (χ4n) is 0.673. The van der Waals surface area contributed by atoms with Crippen LogP contribution >= 0.6 is 11.6 Å². The van der Waals surface area contributed by atoms with E-state index in [1.165, 1.54) is 12.1 Å². The average Bonchev–Trinajstić information content (AvgIpc) is 2.02. The van der Waals surface area contributed by atoms with Gasteiger partial charge in [0.05, 0.1) is 0 Å². The van der Waals surface area contributed by atoms with Gasteiger partial charge in [-0.1, -0.05) is 11.6 Å². The lowest BCUT2D eigenvalue weighted by Crippen LogP contribution is -2.10. The molecule has 72 valence electrons. The van der Waals surface area contributed by atoms with Crippen LogP contribution in [0, 0.1) is 0 Å². The summed E-state index contributed by atoms with van der Waals surface area (Å²) in [4.78, 5) is 0. The van der Waals surface area contributed by atoms with Crippen LogP contribution in [0.3, 0.4) is 0 Å². The molecule has 0 aliphatic carbocycles. The highest BCUT2D eigenvalue weighted by Crippen LogP contribution is 2.15. The molecule has 0 aliphatic heterocycles. The Morgan fingerprint density at radius 1 is 1.31 bits per heavy atom. The third-order valence-electron chi connectivity index (χ3n) is 1.19. The summed E-state index contributed by atoms with van der Waals surface area (Å²) in [6, 6.07) is 6.13. The molecule has 0 amide bonds. The summed E-state index contributed by atoms with van der Waals surface area (Å²) >= 11 is 5.58. The van der Waals surface area contributed by atoms with Crippen molar-refractivity contribution in [2.45, 2.75) is 0 Å². The molecule has 0 aromatic heterocycles. The maximum absolute atomic E-state index is 10.3. The van der Waals surface area contributed by atoms with Gasteiger partial charge in [-0.25, -0.2) is 0 Å². The highest BCUT2D eigenvalue weighted by Gasteiger charge is 2.04. The SMILES string of the molecule is O=S(=O)(O)COc1ccc(Cl)cc1. The zero-order valence-corrected chi connectivity index (χ0v) is 8.05. The Balaban J connectivity index is 2.61. The van der Waals surface area contributed by atoms with E-state index in [0.717, 1.165) is 0 Å². The normalized spacial score (nSPS) is 11.2. The van der Waals surface area contributed by atoms with E-state index in [0.29, 0.717) is 10.8 Å². The van der Waals surface area contributed by atoms with Crippen molar-refractivity contribution >= 4 is 21.7 Å². The molecular weight excluding hydrogens is 216 g/mol. The number of ether oxygens (including phenoxy) is 1. The minimum Gasteiger partial charge on any atom is -0.475 e. The lowest BCUT2D eigenvalue weighted by molar-refractivity contribution is 0.353. The molecule has 13 heavy (non-hydrogen) atoms. The lowest BCUT2D eigenvalue weighted by Gasteiger charge is -2.02. The Labute approximate surface area is 80.8 Å². The summed E-state index contributed by atoms with van der Waals surface area (Å²) in [5.74, 6) is -0.420. The number of hydrogen-bond acceptors (Lipinski definition) is 3. The van der Waals surface area contributed by atoms with Crippen LogP contribution in [-0.4, -0.2) is 18.9 Å². The van der Waals surface area contributed by atoms with Gasteiger partial charge in [0.2, 0.25) is 5.94 Å². The zero-order valence-electron chi connectivity index (χ0n) is 6.47. The standard InChI is InChI=1S/C7H7ClO4S/c8-6-1-3-7(4-2-6)12-5-13(9,10)11/h1-4H,5H2,(H,9,10,11). The fourth-order valence-corrected chi connectivity index (χ4v) is 1.08. The monoisotopic (exact) mass is 222 g/mol. The van der Waals surface area contributed by atoms with Crippen LogP contribution in [0.25, 0.3) is 0 Å². The second kappa shape index (κ2) is 3.95. The maximum atomic E-state index is 10.3. The Kier molecular flexibility index (Phi) is 3.13. The van der Waals surface area contributed by atoms with Crippen LogP contribution in [0.15, 0.2) is 24.3 Å². The smallest absolute Gasteiger partial charge is 0.300 e. The molecule has 0 fully saturated rings. The predicted octanol–water partition coefficient (Wildman–Crippen LogP) is 1.56. The van der Waals surface area contributed by atoms with E-state index in [9.17, 15) is 8.42 Å². The Hall–Kier alpha value is -0.780. The van der Waals surface area contributed by atoms with Gasteiger partial charge in [-0.15, -0.1) is 0 Å². The number of hydrogen-bond donors (Lipinski definition) is 1. The molecule has 6 heteroatoms. The Bertz CT molecular complexity index is 370. The van der Waals surface area contributed by atoms with Gasteiger partial charge < -0.3 is 4.74 Å². The zero-order chi connectivity index (χ0) is 9.90. The van der Waals surface area contributed by atoms with Crippen molar-refractivity contribution in [1.82, 2.24) is 0 Å². The van der Waals surface area contributed by atoms with E-state index < -0.39 is 16.1 Å². The fraction of sp³-hybridized carbons (Fsp3) is 0.143. The van der Waals surface area contributed by atoms with Crippen LogP contribution < -0.4 is 4.74 Å². The molecule has 0 aliphatic rings. The molecule has 0 atom stereocenters. The van der Waals surface area contributed by atoms with Gasteiger partial charge in [0.15, 0.2) is 0 Å². The topological polar surface area (TPSA) is 63.6 Å². The summed E-state index contributed by atoms with van der Waals surface area (Å²) < 4.78 is 33.6. The van der Waals surface area contributed by atoms with Gasteiger partial charge >= 0.3 is 10.1 Å². The van der Waals surface area contributed by atoms with Crippen molar-refractivity contribution in [3.05, 3.63) is 29.3 Å². The number of rotatable bonds is 3. The molecule has 0 saturated carbocycles. The van der Waals surface area contributed by atoms with E-state index in [-0.39, 0.29) is 0 Å². The van der Waals surface area contributed by atoms with Crippen molar-refractivity contribution < 1.29 is 17.7 Å². The third kappa shape index (κ3) is 4.12. The first-order valence-corrected chi connectivity index (χ1v) is 5.29. The van der Waals surface area contributed by atoms with Crippen molar-refractivity contribution in [3.8, 4) is 5.75 Å². The predicted molar refractivity (Wildman–Crippen MR) is 48.5 cm³/mol. The quantitative estimate of drug-likeness (QED) is 0.789. The highest BCUT2D eigenvalue weighted by molar-refractivity contribution is 7.85. The molecule has 4 nitrogen and oxygen atoms in total. The van der Waals surface area contributed by atoms with Gasteiger partial charge in [-0.3, -0.25) is 4.55 Å². The van der Waals surface area contributed by atoms with Gasteiger partial charge in [0.25, 0.3) is 0 Å². The second-order valence-electron chi connectivity index (χ2n) is 2.30. The molecule has 0 radical (unpaired) electrons. The van der Waals surface area contributed by atoms with Gasteiger partial charge in [-0.05, 0) is 24.3 Å².